The summed E-state index contributed by atoms with van der Waals surface area (Å²) < 4.78 is 29.5. The maximum absolute atomic E-state index is 14.1. The molecular formula is C25H25F2N4NaO4. The van der Waals surface area contributed by atoms with Crippen molar-refractivity contribution in [1.29, 1.82) is 0 Å². The molecule has 2 atom stereocenters. The van der Waals surface area contributed by atoms with Crippen LogP contribution in [-0.2, 0) is 11.8 Å². The van der Waals surface area contributed by atoms with Crippen LogP contribution in [0.25, 0.3) is 11.1 Å². The molecule has 0 bridgehead atoms. The first kappa shape index (κ1) is 29.5. The van der Waals surface area contributed by atoms with Crippen molar-refractivity contribution in [2.45, 2.75) is 38.9 Å². The largest absolute Gasteiger partial charge is 1.00 e. The number of nitrogens with zero attached hydrogens (tertiary/aromatic N) is 4. The quantitative estimate of drug-likeness (QED) is 0.278. The van der Waals surface area contributed by atoms with Crippen LogP contribution in [0.2, 0.25) is 0 Å². The zero-order chi connectivity index (χ0) is 25.7. The van der Waals surface area contributed by atoms with Crippen LogP contribution < -0.4 is 34.7 Å². The van der Waals surface area contributed by atoms with Gasteiger partial charge in [-0.05, 0) is 76.4 Å². The third-order valence-electron chi connectivity index (χ3n) is 5.42. The third-order valence-corrected chi connectivity index (χ3v) is 5.42. The molecule has 2 aromatic carbocycles. The fourth-order valence-corrected chi connectivity index (χ4v) is 3.65. The summed E-state index contributed by atoms with van der Waals surface area (Å²) in [7, 11) is 1.62. The molecule has 0 radical (unpaired) electrons. The fraction of sp³-hybridized carbons (Fsp3) is 0.280. The number of aromatic nitrogens is 4. The number of carbonyl (C=O) groups is 1. The van der Waals surface area contributed by atoms with Gasteiger partial charge in [0.2, 0.25) is 0 Å². The molecule has 1 unspecified atom stereocenters. The predicted molar refractivity (Wildman–Crippen MR) is 122 cm³/mol. The summed E-state index contributed by atoms with van der Waals surface area (Å²) in [6.07, 6.45) is -0.454. The molecule has 8 nitrogen and oxygen atoms in total. The van der Waals surface area contributed by atoms with Crippen molar-refractivity contribution in [3.8, 4) is 0 Å². The van der Waals surface area contributed by atoms with Crippen molar-refractivity contribution in [3.05, 3.63) is 88.3 Å². The Morgan fingerprint density at radius 1 is 1.08 bits per heavy atom. The van der Waals surface area contributed by atoms with Gasteiger partial charge in [-0.15, -0.1) is 5.10 Å². The van der Waals surface area contributed by atoms with Crippen LogP contribution in [0, 0.1) is 25.5 Å². The topological polar surface area (TPSA) is 124 Å². The number of aliphatic carboxylic acids is 1. The minimum absolute atomic E-state index is 0. The summed E-state index contributed by atoms with van der Waals surface area (Å²) >= 11 is 0. The molecule has 36 heavy (non-hydrogen) atoms. The second-order valence-corrected chi connectivity index (χ2v) is 8.23. The maximum atomic E-state index is 14.1. The molecule has 0 fully saturated rings. The number of tetrazole rings is 1. The van der Waals surface area contributed by atoms with Gasteiger partial charge in [0.25, 0.3) is 0 Å². The van der Waals surface area contributed by atoms with Crippen molar-refractivity contribution in [2.75, 3.05) is 0 Å². The number of aliphatic hydroxyl groups is 2. The van der Waals surface area contributed by atoms with E-state index < -0.39 is 36.2 Å². The molecule has 0 aliphatic rings. The summed E-state index contributed by atoms with van der Waals surface area (Å²) in [6.45, 7) is 3.24. The molecule has 2 N–H and O–H groups in total. The van der Waals surface area contributed by atoms with Crippen LogP contribution in [0.15, 0.2) is 48.6 Å². The van der Waals surface area contributed by atoms with E-state index in [0.29, 0.717) is 39.2 Å². The molecule has 0 aliphatic carbocycles. The van der Waals surface area contributed by atoms with E-state index in [9.17, 15) is 28.9 Å². The molecular weight excluding hydrogens is 481 g/mol. The SMILES string of the molecule is Cc1cc(C(=C(C=CC(O)C[C@H](O)CC(=O)[O-])c2nnnn2C)c2ccc(F)c(C)c2)ccc1F.[Na+]. The number of hydrogen-bond acceptors (Lipinski definition) is 7. The van der Waals surface area contributed by atoms with Gasteiger partial charge in [-0.3, -0.25) is 0 Å². The van der Waals surface area contributed by atoms with E-state index in [4.69, 9.17) is 0 Å². The summed E-state index contributed by atoms with van der Waals surface area (Å²) in [4.78, 5) is 10.7. The first-order chi connectivity index (χ1) is 16.6. The van der Waals surface area contributed by atoms with Crippen LogP contribution in [0.4, 0.5) is 8.78 Å². The number of carbonyl (C=O) groups excluding carboxylic acids is 1. The molecule has 1 heterocycles. The number of aryl methyl sites for hydroxylation is 3. The van der Waals surface area contributed by atoms with Crippen LogP contribution >= 0.6 is 0 Å². The van der Waals surface area contributed by atoms with Crippen molar-refractivity contribution in [1.82, 2.24) is 20.2 Å². The molecule has 184 valence electrons. The van der Waals surface area contributed by atoms with E-state index in [0.717, 1.165) is 0 Å². The Morgan fingerprint density at radius 2 is 1.64 bits per heavy atom. The number of hydrogen-bond donors (Lipinski definition) is 2. The summed E-state index contributed by atoms with van der Waals surface area (Å²) in [5, 5.41) is 42.5. The smallest absolute Gasteiger partial charge is 0.550 e. The Hall–Kier alpha value is -2.76. The average Bonchev–Trinajstić information content (AvgIpc) is 3.20. The zero-order valence-electron chi connectivity index (χ0n) is 20.4. The Morgan fingerprint density at radius 3 is 2.08 bits per heavy atom. The molecule has 0 spiro atoms. The number of aliphatic hydroxyl groups excluding tert-OH is 2. The molecule has 0 amide bonds. The van der Waals surface area contributed by atoms with E-state index >= 15 is 0 Å². The number of benzene rings is 2. The van der Waals surface area contributed by atoms with Crippen LogP contribution in [-0.4, -0.2) is 48.6 Å². The number of rotatable bonds is 9. The van der Waals surface area contributed by atoms with Gasteiger partial charge in [0.1, 0.15) is 11.6 Å². The summed E-state index contributed by atoms with van der Waals surface area (Å²) in [5.74, 6) is -1.90. The van der Waals surface area contributed by atoms with Crippen molar-refractivity contribution in [2.24, 2.45) is 7.05 Å². The number of carboxylic acid groups (broad SMARTS) is 1. The molecule has 11 heteroatoms. The van der Waals surface area contributed by atoms with E-state index in [1.54, 1.807) is 45.2 Å². The number of carboxylic acids is 1. The Labute approximate surface area is 229 Å². The standard InChI is InChI=1S/C25H26F2N4O4.Na/c1-14-10-16(4-8-21(14)26)24(17-5-9-22(27)15(2)11-17)20(25-28-29-30-31(25)3)7-6-18(32)12-19(33)13-23(34)35;/h4-11,18-19,32-33H,12-13H2,1-3H3,(H,34,35);/q;+1/p-1/t18?,19-;/m0./s1. The Kier molecular flexibility index (Phi) is 10.6. The van der Waals surface area contributed by atoms with Gasteiger partial charge < -0.3 is 20.1 Å². The van der Waals surface area contributed by atoms with Crippen LogP contribution in [0.3, 0.4) is 0 Å². The second-order valence-electron chi connectivity index (χ2n) is 8.23. The Balaban J connectivity index is 0.00000456. The number of allylic oxidation sites excluding steroid dienone is 2. The van der Waals surface area contributed by atoms with Gasteiger partial charge in [0.05, 0.1) is 12.2 Å². The first-order valence-electron chi connectivity index (χ1n) is 10.8. The minimum Gasteiger partial charge on any atom is -0.550 e. The fourth-order valence-electron chi connectivity index (χ4n) is 3.65. The summed E-state index contributed by atoms with van der Waals surface area (Å²) in [5.41, 5.74) is 2.97. The van der Waals surface area contributed by atoms with E-state index in [1.165, 1.54) is 29.0 Å². The van der Waals surface area contributed by atoms with Gasteiger partial charge in [-0.2, -0.15) is 0 Å². The van der Waals surface area contributed by atoms with E-state index in [-0.39, 0.29) is 36.0 Å². The molecule has 1 aromatic heterocycles. The normalized spacial score (nSPS) is 12.8. The monoisotopic (exact) mass is 506 g/mol. The van der Waals surface area contributed by atoms with Gasteiger partial charge in [-0.1, -0.05) is 24.3 Å². The minimum atomic E-state index is -1.43. The van der Waals surface area contributed by atoms with Crippen LogP contribution in [0.5, 0.6) is 0 Å². The van der Waals surface area contributed by atoms with Crippen molar-refractivity contribution in [3.63, 3.8) is 0 Å². The van der Waals surface area contributed by atoms with Gasteiger partial charge in [0, 0.05) is 31.4 Å². The molecule has 0 saturated carbocycles. The van der Waals surface area contributed by atoms with Gasteiger partial charge >= 0.3 is 29.6 Å². The second kappa shape index (κ2) is 13.0. The van der Waals surface area contributed by atoms with Gasteiger partial charge in [0.15, 0.2) is 5.82 Å². The molecule has 3 rings (SSSR count). The number of halogens is 2. The van der Waals surface area contributed by atoms with E-state index in [2.05, 4.69) is 15.5 Å². The zero-order valence-corrected chi connectivity index (χ0v) is 22.4. The van der Waals surface area contributed by atoms with Crippen molar-refractivity contribution < 1.29 is 58.5 Å². The van der Waals surface area contributed by atoms with Gasteiger partial charge in [-0.25, -0.2) is 13.5 Å². The Bertz CT molecular complexity index is 1240. The van der Waals surface area contributed by atoms with E-state index in [1.807, 2.05) is 0 Å². The van der Waals surface area contributed by atoms with Crippen LogP contribution in [0.1, 0.15) is 40.9 Å². The first-order valence-corrected chi connectivity index (χ1v) is 10.8. The third kappa shape index (κ3) is 7.37. The maximum Gasteiger partial charge on any atom is 1.00 e. The molecule has 0 saturated heterocycles. The average molecular weight is 506 g/mol. The van der Waals surface area contributed by atoms with Crippen molar-refractivity contribution >= 4 is 17.1 Å². The summed E-state index contributed by atoms with van der Waals surface area (Å²) in [6, 6.07) is 9.08. The molecule has 0 aliphatic heterocycles. The predicted octanol–water partition coefficient (Wildman–Crippen LogP) is -1.12. The molecule has 3 aromatic rings.